The van der Waals surface area contributed by atoms with Gasteiger partial charge in [-0.2, -0.15) is 0 Å². The van der Waals surface area contributed by atoms with Crippen LogP contribution < -0.4 is 5.32 Å². The smallest absolute Gasteiger partial charge is 0.348 e. The summed E-state index contributed by atoms with van der Waals surface area (Å²) in [7, 11) is 0. The minimum absolute atomic E-state index is 0.316. The Hall–Kier alpha value is -3.25. The summed E-state index contributed by atoms with van der Waals surface area (Å²) in [6, 6.07) is 16.2. The van der Waals surface area contributed by atoms with Crippen molar-refractivity contribution >= 4 is 39.0 Å². The number of carbonyl (C=O) groups is 1. The predicted octanol–water partition coefficient (Wildman–Crippen LogP) is 5.76. The van der Waals surface area contributed by atoms with E-state index in [1.807, 2.05) is 43.3 Å². The summed E-state index contributed by atoms with van der Waals surface area (Å²) in [6.45, 7) is 6.42. The number of rotatable bonds is 6. The number of aromatic nitrogens is 2. The highest BCUT2D eigenvalue weighted by molar-refractivity contribution is 7.20. The van der Waals surface area contributed by atoms with Crippen molar-refractivity contribution in [2.24, 2.45) is 0 Å². The highest BCUT2D eigenvalue weighted by Gasteiger charge is 2.20. The van der Waals surface area contributed by atoms with Crippen LogP contribution in [0.15, 0.2) is 54.9 Å². The highest BCUT2D eigenvalue weighted by Crippen LogP contribution is 2.35. The fourth-order valence-electron chi connectivity index (χ4n) is 3.29. The number of benzene rings is 2. The summed E-state index contributed by atoms with van der Waals surface area (Å²) in [5.74, 6) is 0.379. The van der Waals surface area contributed by atoms with Crippen LogP contribution in [0, 0.1) is 20.8 Å². The molecule has 1 N–H and O–H groups in total. The summed E-state index contributed by atoms with van der Waals surface area (Å²) in [5, 5.41) is 4.23. The van der Waals surface area contributed by atoms with Gasteiger partial charge in [0.1, 0.15) is 21.9 Å². The molecule has 2 aromatic carbocycles. The SMILES string of the molecule is Cc1ccc(Nc2ncnc3sc(C(=O)OCCc4ccccc4)c(C)c23)cc1C. The lowest BCUT2D eigenvalue weighted by atomic mass is 10.1. The number of hydrogen-bond acceptors (Lipinski definition) is 6. The van der Waals surface area contributed by atoms with Crippen molar-refractivity contribution in [3.05, 3.63) is 82.0 Å². The van der Waals surface area contributed by atoms with E-state index in [9.17, 15) is 4.79 Å². The number of fused-ring (bicyclic) bond motifs is 1. The van der Waals surface area contributed by atoms with Crippen LogP contribution in [0.2, 0.25) is 0 Å². The van der Waals surface area contributed by atoms with Crippen LogP contribution in [0.25, 0.3) is 10.2 Å². The first-order valence-electron chi connectivity index (χ1n) is 9.82. The van der Waals surface area contributed by atoms with Crippen molar-refractivity contribution in [2.75, 3.05) is 11.9 Å². The van der Waals surface area contributed by atoms with Crippen molar-refractivity contribution < 1.29 is 9.53 Å². The Morgan fingerprint density at radius 2 is 1.83 bits per heavy atom. The molecule has 0 atom stereocenters. The van der Waals surface area contributed by atoms with Crippen LogP contribution in [0.3, 0.4) is 0 Å². The number of ether oxygens (including phenoxy) is 1. The van der Waals surface area contributed by atoms with Gasteiger partial charge in [-0.05, 0) is 55.2 Å². The molecule has 0 unspecified atom stereocenters. The Kier molecular flexibility index (Phi) is 5.77. The second-order valence-corrected chi connectivity index (χ2v) is 8.25. The Bertz CT molecular complexity index is 1200. The first-order chi connectivity index (χ1) is 14.5. The quantitative estimate of drug-likeness (QED) is 0.404. The van der Waals surface area contributed by atoms with E-state index in [-0.39, 0.29) is 5.97 Å². The number of hydrogen-bond donors (Lipinski definition) is 1. The molecule has 0 fully saturated rings. The van der Waals surface area contributed by atoms with Gasteiger partial charge in [0.15, 0.2) is 0 Å². The normalized spacial score (nSPS) is 10.9. The maximum Gasteiger partial charge on any atom is 0.348 e. The third-order valence-corrected chi connectivity index (χ3v) is 6.33. The van der Waals surface area contributed by atoms with E-state index in [4.69, 9.17) is 4.74 Å². The minimum atomic E-state index is -0.316. The van der Waals surface area contributed by atoms with Crippen LogP contribution >= 0.6 is 11.3 Å². The molecule has 0 bridgehead atoms. The van der Waals surface area contributed by atoms with Gasteiger partial charge in [0.2, 0.25) is 0 Å². The maximum atomic E-state index is 12.7. The van der Waals surface area contributed by atoms with Gasteiger partial charge < -0.3 is 10.1 Å². The molecule has 30 heavy (non-hydrogen) atoms. The first-order valence-corrected chi connectivity index (χ1v) is 10.6. The molecular weight excluding hydrogens is 394 g/mol. The Balaban J connectivity index is 1.55. The van der Waals surface area contributed by atoms with E-state index in [1.165, 1.54) is 28.8 Å². The molecule has 4 rings (SSSR count). The van der Waals surface area contributed by atoms with Gasteiger partial charge in [-0.3, -0.25) is 0 Å². The first kappa shape index (κ1) is 20.0. The number of esters is 1. The molecule has 0 radical (unpaired) electrons. The third kappa shape index (κ3) is 4.19. The van der Waals surface area contributed by atoms with Crippen LogP contribution in [0.4, 0.5) is 11.5 Å². The zero-order valence-corrected chi connectivity index (χ0v) is 18.0. The molecule has 0 aliphatic rings. The monoisotopic (exact) mass is 417 g/mol. The van der Waals surface area contributed by atoms with Crippen LogP contribution in [-0.4, -0.2) is 22.5 Å². The lowest BCUT2D eigenvalue weighted by molar-refractivity contribution is 0.0514. The summed E-state index contributed by atoms with van der Waals surface area (Å²) in [4.78, 5) is 22.8. The van der Waals surface area contributed by atoms with Crippen molar-refractivity contribution in [1.29, 1.82) is 0 Å². The van der Waals surface area contributed by atoms with Gasteiger partial charge in [-0.1, -0.05) is 36.4 Å². The Morgan fingerprint density at radius 3 is 2.60 bits per heavy atom. The molecule has 4 aromatic rings. The average Bonchev–Trinajstić information content (AvgIpc) is 3.09. The van der Waals surface area contributed by atoms with E-state index < -0.39 is 0 Å². The molecule has 5 nitrogen and oxygen atoms in total. The number of aryl methyl sites for hydroxylation is 3. The number of anilines is 2. The van der Waals surface area contributed by atoms with Crippen molar-refractivity contribution in [2.45, 2.75) is 27.2 Å². The third-order valence-electron chi connectivity index (χ3n) is 5.15. The number of carbonyl (C=O) groups excluding carboxylic acids is 1. The van der Waals surface area contributed by atoms with Gasteiger partial charge in [-0.15, -0.1) is 11.3 Å². The Morgan fingerprint density at radius 1 is 1.03 bits per heavy atom. The number of nitrogens with one attached hydrogen (secondary N) is 1. The lowest BCUT2D eigenvalue weighted by Crippen LogP contribution is -2.07. The predicted molar refractivity (Wildman–Crippen MR) is 122 cm³/mol. The van der Waals surface area contributed by atoms with Gasteiger partial charge in [-0.25, -0.2) is 14.8 Å². The van der Waals surface area contributed by atoms with Gasteiger partial charge >= 0.3 is 5.97 Å². The van der Waals surface area contributed by atoms with Crippen LogP contribution in [0.1, 0.15) is 31.9 Å². The molecule has 2 aromatic heterocycles. The summed E-state index contributed by atoms with van der Waals surface area (Å²) in [6.07, 6.45) is 2.21. The minimum Gasteiger partial charge on any atom is -0.461 e. The second-order valence-electron chi connectivity index (χ2n) is 7.25. The fraction of sp³-hybridized carbons (Fsp3) is 0.208. The zero-order chi connectivity index (χ0) is 21.1. The maximum absolute atomic E-state index is 12.7. The average molecular weight is 418 g/mol. The molecule has 152 valence electrons. The molecule has 0 saturated heterocycles. The fourth-order valence-corrected chi connectivity index (χ4v) is 4.33. The molecule has 2 heterocycles. The van der Waals surface area contributed by atoms with Crippen molar-refractivity contribution in [3.63, 3.8) is 0 Å². The van der Waals surface area contributed by atoms with Gasteiger partial charge in [0.05, 0.1) is 12.0 Å². The van der Waals surface area contributed by atoms with Crippen molar-refractivity contribution in [1.82, 2.24) is 9.97 Å². The highest BCUT2D eigenvalue weighted by atomic mass is 32.1. The largest absolute Gasteiger partial charge is 0.461 e. The summed E-state index contributed by atoms with van der Waals surface area (Å²) in [5.41, 5.74) is 5.38. The van der Waals surface area contributed by atoms with Crippen molar-refractivity contribution in [3.8, 4) is 0 Å². The molecule has 0 spiro atoms. The number of thiophene rings is 1. The zero-order valence-electron chi connectivity index (χ0n) is 17.2. The molecular formula is C24H23N3O2S. The lowest BCUT2D eigenvalue weighted by Gasteiger charge is -2.09. The standard InChI is InChI=1S/C24H23N3O2S/c1-15-9-10-19(13-16(15)2)27-22-20-17(3)21(30-23(20)26-14-25-22)24(28)29-12-11-18-7-5-4-6-8-18/h4-10,13-14H,11-12H2,1-3H3,(H,25,26,27). The van der Waals surface area contributed by atoms with E-state index in [0.29, 0.717) is 23.7 Å². The number of nitrogens with zero attached hydrogens (tertiary/aromatic N) is 2. The topological polar surface area (TPSA) is 64.1 Å². The summed E-state index contributed by atoms with van der Waals surface area (Å²) >= 11 is 1.34. The second kappa shape index (κ2) is 8.63. The molecule has 0 aliphatic carbocycles. The van der Waals surface area contributed by atoms with E-state index in [0.717, 1.165) is 27.0 Å². The van der Waals surface area contributed by atoms with Crippen LogP contribution in [-0.2, 0) is 11.2 Å². The van der Waals surface area contributed by atoms with E-state index in [2.05, 4.69) is 41.3 Å². The Labute approximate surface area is 179 Å². The molecule has 0 amide bonds. The van der Waals surface area contributed by atoms with Gasteiger partial charge in [0, 0.05) is 12.1 Å². The summed E-state index contributed by atoms with van der Waals surface area (Å²) < 4.78 is 5.53. The van der Waals surface area contributed by atoms with E-state index in [1.54, 1.807) is 0 Å². The molecule has 0 aliphatic heterocycles. The molecule has 0 saturated carbocycles. The van der Waals surface area contributed by atoms with E-state index >= 15 is 0 Å². The van der Waals surface area contributed by atoms with Gasteiger partial charge in [0.25, 0.3) is 0 Å². The van der Waals surface area contributed by atoms with Crippen LogP contribution in [0.5, 0.6) is 0 Å². The molecule has 6 heteroatoms.